The molecule has 4 rings (SSSR count). The van der Waals surface area contributed by atoms with Crippen molar-refractivity contribution in [1.29, 1.82) is 0 Å². The lowest BCUT2D eigenvalue weighted by molar-refractivity contribution is -0.121. The largest absolute Gasteiger partial charge is 1.00 e. The van der Waals surface area contributed by atoms with E-state index in [2.05, 4.69) is 31.0 Å². The van der Waals surface area contributed by atoms with Gasteiger partial charge in [-0.3, -0.25) is 14.3 Å². The summed E-state index contributed by atoms with van der Waals surface area (Å²) in [7, 11) is 1.77. The van der Waals surface area contributed by atoms with E-state index in [1.54, 1.807) is 16.2 Å². The number of carbonyl (C=O) groups excluding carboxylic acids is 1. The molecule has 2 aliphatic heterocycles. The van der Waals surface area contributed by atoms with Crippen molar-refractivity contribution < 1.29 is 17.2 Å². The maximum Gasteiger partial charge on any atom is 0.386 e. The molecular formula is C24H31ClN5O2. The van der Waals surface area contributed by atoms with E-state index in [9.17, 15) is 9.59 Å². The Kier molecular flexibility index (Phi) is 6.98. The Morgan fingerprint density at radius 2 is 1.91 bits per heavy atom. The molecule has 1 unspecified atom stereocenters. The number of imidazole rings is 1. The highest BCUT2D eigenvalue weighted by atomic mass is 35.5. The Morgan fingerprint density at radius 1 is 1.19 bits per heavy atom. The number of hydrogen-bond acceptors (Lipinski definition) is 4. The summed E-state index contributed by atoms with van der Waals surface area (Å²) >= 11 is 0. The van der Waals surface area contributed by atoms with Gasteiger partial charge in [0.25, 0.3) is 11.3 Å². The van der Waals surface area contributed by atoms with E-state index >= 15 is 0 Å². The van der Waals surface area contributed by atoms with E-state index in [1.807, 2.05) is 42.5 Å². The van der Waals surface area contributed by atoms with Gasteiger partial charge in [-0.05, 0) is 36.5 Å². The highest BCUT2D eigenvalue weighted by molar-refractivity contribution is 5.92. The fourth-order valence-corrected chi connectivity index (χ4v) is 4.23. The molecule has 1 amide bonds. The summed E-state index contributed by atoms with van der Waals surface area (Å²) in [5.41, 5.74) is 1.44. The van der Waals surface area contributed by atoms with Gasteiger partial charge in [0.2, 0.25) is 5.91 Å². The zero-order valence-corrected chi connectivity index (χ0v) is 19.9. The van der Waals surface area contributed by atoms with E-state index in [0.29, 0.717) is 18.6 Å². The van der Waals surface area contributed by atoms with Crippen LogP contribution in [0.5, 0.6) is 0 Å². The van der Waals surface area contributed by atoms with Gasteiger partial charge in [0, 0.05) is 18.3 Å². The second-order valence-corrected chi connectivity index (χ2v) is 9.64. The number of nitrogens with zero attached hydrogens (tertiary/aromatic N) is 4. The maximum atomic E-state index is 12.8. The maximum absolute atomic E-state index is 12.8. The number of hydrogen-bond donors (Lipinski definition) is 1. The first kappa shape index (κ1) is 23.9. The van der Waals surface area contributed by atoms with Gasteiger partial charge in [0.15, 0.2) is 0 Å². The third-order valence-corrected chi connectivity index (χ3v) is 5.76. The van der Waals surface area contributed by atoms with Crippen LogP contribution >= 0.6 is 0 Å². The van der Waals surface area contributed by atoms with Crippen molar-refractivity contribution >= 4 is 17.7 Å². The number of benzene rings is 1. The molecule has 1 aromatic carbocycles. The Balaban J connectivity index is 0.00000289. The van der Waals surface area contributed by atoms with Crippen LogP contribution in [0.1, 0.15) is 33.6 Å². The molecule has 0 aliphatic carbocycles. The second-order valence-electron chi connectivity index (χ2n) is 9.64. The van der Waals surface area contributed by atoms with E-state index in [-0.39, 0.29) is 35.3 Å². The fraction of sp³-hybridized carbons (Fsp3) is 0.458. The Morgan fingerprint density at radius 3 is 2.59 bits per heavy atom. The first-order valence-electron chi connectivity index (χ1n) is 10.9. The number of amides is 1. The Hall–Kier alpha value is -2.80. The van der Waals surface area contributed by atoms with Gasteiger partial charge in [-0.25, -0.2) is 9.36 Å². The average molecular weight is 457 g/mol. The molecule has 0 bridgehead atoms. The number of para-hydroxylation sites is 1. The number of anilines is 1. The molecule has 1 aromatic heterocycles. The topological polar surface area (TPSA) is 73.4 Å². The fourth-order valence-electron chi connectivity index (χ4n) is 4.23. The minimum atomic E-state index is -0.0965. The van der Waals surface area contributed by atoms with Crippen molar-refractivity contribution in [2.45, 2.75) is 40.2 Å². The summed E-state index contributed by atoms with van der Waals surface area (Å²) in [6, 6.07) is 9.56. The molecule has 7 nitrogen and oxygen atoms in total. The van der Waals surface area contributed by atoms with Crippen molar-refractivity contribution in [2.24, 2.45) is 18.4 Å². The lowest BCUT2D eigenvalue weighted by Gasteiger charge is -2.29. The molecule has 1 saturated heterocycles. The second kappa shape index (κ2) is 9.36. The van der Waals surface area contributed by atoms with Crippen LogP contribution in [0.3, 0.4) is 0 Å². The third-order valence-electron chi connectivity index (χ3n) is 5.76. The Bertz CT molecular complexity index is 1190. The quantitative estimate of drug-likeness (QED) is 0.588. The van der Waals surface area contributed by atoms with Crippen molar-refractivity contribution in [1.82, 2.24) is 19.0 Å². The van der Waals surface area contributed by atoms with Gasteiger partial charge in [-0.1, -0.05) is 44.0 Å². The Labute approximate surface area is 194 Å². The molecule has 0 saturated carbocycles. The number of fused-ring (bicyclic) bond motifs is 1. The van der Waals surface area contributed by atoms with Crippen LogP contribution in [0.4, 0.5) is 5.69 Å². The van der Waals surface area contributed by atoms with Crippen LogP contribution in [-0.2, 0) is 18.4 Å². The van der Waals surface area contributed by atoms with Crippen LogP contribution in [0.25, 0.3) is 6.08 Å². The van der Waals surface area contributed by atoms with Crippen molar-refractivity contribution in [2.75, 3.05) is 18.4 Å². The molecule has 0 spiro atoms. The van der Waals surface area contributed by atoms with E-state index in [0.717, 1.165) is 36.2 Å². The number of allylic oxidation sites excluding steroid dienone is 1. The highest BCUT2D eigenvalue weighted by Gasteiger charge is 2.31. The zero-order chi connectivity index (χ0) is 22.2. The summed E-state index contributed by atoms with van der Waals surface area (Å²) in [5, 5.41) is 3.87. The van der Waals surface area contributed by atoms with Crippen molar-refractivity contribution in [3.63, 3.8) is 0 Å². The number of nitrogens with one attached hydrogen (secondary N) is 1. The number of piperidine rings is 1. The van der Waals surface area contributed by atoms with Gasteiger partial charge in [-0.2, -0.15) is 0 Å². The number of halogens is 1. The molecular weight excluding hydrogens is 426 g/mol. The monoisotopic (exact) mass is 456 g/mol. The van der Waals surface area contributed by atoms with E-state index < -0.39 is 0 Å². The third kappa shape index (κ3) is 4.99. The summed E-state index contributed by atoms with van der Waals surface area (Å²) in [4.78, 5) is 32.6. The highest BCUT2D eigenvalue weighted by Crippen LogP contribution is 2.21. The standard InChI is InChI=1S/C24H31N5O2.ClH/c1-24(2,3)16-29-19-12-13-20(26-21(19)27(4)23(29)31)28-14-8-9-17(15-28)22(30)25-18-10-6-5-7-11-18;/h5-7,10-13,17H,8-9,14-16H2,1-4H3,(H,25,30);1H/q+1;/p-1. The molecule has 3 heterocycles. The predicted octanol–water partition coefficient (Wildman–Crippen LogP) is -1.82. The van der Waals surface area contributed by atoms with Gasteiger partial charge >= 0.3 is 5.69 Å². The van der Waals surface area contributed by atoms with Crippen LogP contribution in [0, 0.1) is 11.3 Å². The number of rotatable bonds is 4. The zero-order valence-electron chi connectivity index (χ0n) is 19.1. The van der Waals surface area contributed by atoms with Crippen molar-refractivity contribution in [3.8, 4) is 0 Å². The number of carbonyl (C=O) groups is 1. The molecule has 32 heavy (non-hydrogen) atoms. The molecule has 2 aromatic rings. The van der Waals surface area contributed by atoms with Gasteiger partial charge in [0.05, 0.1) is 26.1 Å². The summed E-state index contributed by atoms with van der Waals surface area (Å²) < 4.78 is 3.42. The first-order chi connectivity index (χ1) is 14.7. The summed E-state index contributed by atoms with van der Waals surface area (Å²) in [6.07, 6.45) is 5.74. The van der Waals surface area contributed by atoms with Gasteiger partial charge in [-0.15, -0.1) is 0 Å². The van der Waals surface area contributed by atoms with Crippen molar-refractivity contribution in [3.05, 3.63) is 63.5 Å². The molecule has 2 aliphatic rings. The lowest BCUT2D eigenvalue weighted by Crippen LogP contribution is -3.00. The average Bonchev–Trinajstić information content (AvgIpc) is 2.98. The van der Waals surface area contributed by atoms with Gasteiger partial charge < -0.3 is 17.7 Å². The minimum Gasteiger partial charge on any atom is -1.00 e. The number of aromatic nitrogens is 2. The normalized spacial score (nSPS) is 17.9. The molecule has 1 radical (unpaired) electrons. The van der Waals surface area contributed by atoms with E-state index in [1.165, 1.54) is 0 Å². The smallest absolute Gasteiger partial charge is 0.386 e. The van der Waals surface area contributed by atoms with Gasteiger partial charge in [0.1, 0.15) is 5.35 Å². The molecule has 1 atom stereocenters. The van der Waals surface area contributed by atoms with E-state index in [4.69, 9.17) is 4.99 Å². The summed E-state index contributed by atoms with van der Waals surface area (Å²) in [5.74, 6) is 0.759. The molecule has 8 heteroatoms. The minimum absolute atomic E-state index is 0. The SMILES string of the molecule is Cn1c2c(n(CC(C)(C)C)c1=O)=CC=C(N1CCCC(C(=O)Nc3ccccc3)C1)[N+]=2.[Cl-]. The molecule has 1 fully saturated rings. The van der Waals surface area contributed by atoms with Crippen LogP contribution < -0.4 is 39.2 Å². The number of likely N-dealkylation sites (tertiary alicyclic amines) is 1. The first-order valence-corrected chi connectivity index (χ1v) is 10.9. The summed E-state index contributed by atoms with van der Waals surface area (Å²) in [6.45, 7) is 8.46. The lowest BCUT2D eigenvalue weighted by atomic mass is 9.96. The van der Waals surface area contributed by atoms with Crippen LogP contribution in [0.2, 0.25) is 0 Å². The molecule has 171 valence electrons. The molecule has 1 N–H and O–H groups in total. The van der Waals surface area contributed by atoms with Crippen LogP contribution in [-0.4, -0.2) is 33.0 Å². The predicted molar refractivity (Wildman–Crippen MR) is 122 cm³/mol. The van der Waals surface area contributed by atoms with Crippen LogP contribution in [0.15, 0.2) is 47.0 Å².